The predicted octanol–water partition coefficient (Wildman–Crippen LogP) is 3.79. The number of amides is 1. The third kappa shape index (κ3) is 4.34. The van der Waals surface area contributed by atoms with E-state index in [1.807, 2.05) is 33.9 Å². The Morgan fingerprint density at radius 3 is 2.57 bits per heavy atom. The highest BCUT2D eigenvalue weighted by Crippen LogP contribution is 2.63. The summed E-state index contributed by atoms with van der Waals surface area (Å²) in [6.07, 6.45) is -0.450. The Bertz CT molecular complexity index is 1590. The molecule has 2 aromatic rings. The number of carbonyl (C=O) groups is 2. The molecule has 6 atom stereocenters. The molecular weight excluding hydrogens is 588 g/mol. The van der Waals surface area contributed by atoms with Crippen molar-refractivity contribution in [3.63, 3.8) is 0 Å². The predicted molar refractivity (Wildman–Crippen MR) is 160 cm³/mol. The molecule has 13 heteroatoms. The van der Waals surface area contributed by atoms with Crippen molar-refractivity contribution < 1.29 is 38.4 Å². The van der Waals surface area contributed by atoms with Crippen LogP contribution in [0.3, 0.4) is 0 Å². The van der Waals surface area contributed by atoms with E-state index in [-0.39, 0.29) is 30.4 Å². The third-order valence-electron chi connectivity index (χ3n) is 9.28. The molecule has 1 fully saturated rings. The average molecular weight is 625 g/mol. The van der Waals surface area contributed by atoms with Crippen LogP contribution in [0.5, 0.6) is 28.7 Å². The Labute approximate surface area is 259 Å². The number of nitrogens with two attached hydrogens (primary N) is 1. The number of benzene rings is 2. The number of esters is 1. The van der Waals surface area contributed by atoms with Crippen LogP contribution >= 0.6 is 11.8 Å². The van der Waals surface area contributed by atoms with Crippen molar-refractivity contribution in [1.82, 2.24) is 9.80 Å². The van der Waals surface area contributed by atoms with Crippen molar-refractivity contribution in [3.05, 3.63) is 39.4 Å². The monoisotopic (exact) mass is 624 g/mol. The van der Waals surface area contributed by atoms with Crippen LogP contribution in [-0.2, 0) is 16.0 Å². The first kappa shape index (κ1) is 30.2. The third-order valence-corrected chi connectivity index (χ3v) is 10.5. The number of hydrogen-bond acceptors (Lipinski definition) is 12. The molecule has 1 saturated heterocycles. The Balaban J connectivity index is 1.70. The summed E-state index contributed by atoms with van der Waals surface area (Å²) >= 11 is 1.64. The summed E-state index contributed by atoms with van der Waals surface area (Å²) in [6.45, 7) is 6.87. The maximum absolute atomic E-state index is 12.5. The molecule has 0 spiro atoms. The number of thioether (sulfide) groups is 1. The van der Waals surface area contributed by atoms with E-state index < -0.39 is 36.2 Å². The van der Waals surface area contributed by atoms with Crippen LogP contribution in [0.1, 0.15) is 64.6 Å². The Hall–Kier alpha value is -3.86. The summed E-state index contributed by atoms with van der Waals surface area (Å²) in [7, 11) is 3.50. The van der Waals surface area contributed by atoms with Gasteiger partial charge in [0.15, 0.2) is 23.0 Å². The minimum absolute atomic E-state index is 0.0411. The number of nitriles is 1. The van der Waals surface area contributed by atoms with E-state index in [2.05, 4.69) is 15.9 Å². The van der Waals surface area contributed by atoms with Crippen molar-refractivity contribution in [2.45, 2.75) is 69.6 Å². The van der Waals surface area contributed by atoms with Gasteiger partial charge >= 0.3 is 12.1 Å². The first-order valence-electron chi connectivity index (χ1n) is 14.5. The van der Waals surface area contributed by atoms with Crippen molar-refractivity contribution >= 4 is 23.8 Å². The summed E-state index contributed by atoms with van der Waals surface area (Å²) in [4.78, 5) is 28.8. The standard InChI is InChI=1S/C31H36N4O8S/c1-7-44-30-22-21(29-28(41-12-42-29)14(3)27(22)43-15(4)36)19(11-40-31(33)38)35-18(10-32)17-9-16-8-13(2)26(39-6)25(37)20(16)23(24(30)35)34(17)5/h8,17-19,23-24,30,37H,7,9,11-12H2,1-6H3,(H2,33,38)/t17-,18+,19+,23+,24?,30-/m1/s1. The summed E-state index contributed by atoms with van der Waals surface area (Å²) in [5.74, 6) is 1.91. The van der Waals surface area contributed by atoms with Gasteiger partial charge in [-0.05, 0) is 44.2 Å². The average Bonchev–Trinajstić information content (AvgIpc) is 3.45. The number of methoxy groups -OCH3 is 1. The van der Waals surface area contributed by atoms with Crippen LogP contribution in [0.2, 0.25) is 0 Å². The van der Waals surface area contributed by atoms with E-state index in [9.17, 15) is 20.0 Å². The van der Waals surface area contributed by atoms with E-state index in [0.717, 1.165) is 16.7 Å². The molecule has 1 unspecified atom stereocenters. The number of carbonyl (C=O) groups excluding carboxylic acids is 2. The molecule has 44 heavy (non-hydrogen) atoms. The number of ether oxygens (including phenoxy) is 5. The number of phenolic OH excluding ortho intramolecular Hbond substituents is 1. The van der Waals surface area contributed by atoms with Crippen LogP contribution in [0, 0.1) is 25.2 Å². The van der Waals surface area contributed by atoms with Gasteiger partial charge in [-0.25, -0.2) is 4.79 Å². The molecule has 1 amide bonds. The van der Waals surface area contributed by atoms with Gasteiger partial charge in [-0.15, -0.1) is 0 Å². The molecule has 4 aliphatic rings. The van der Waals surface area contributed by atoms with Gasteiger partial charge in [0.25, 0.3) is 0 Å². The molecule has 2 aromatic carbocycles. The lowest BCUT2D eigenvalue weighted by Crippen LogP contribution is -2.69. The summed E-state index contributed by atoms with van der Waals surface area (Å²) in [5.41, 5.74) is 9.92. The second-order valence-electron chi connectivity index (χ2n) is 11.5. The Kier molecular flexibility index (Phi) is 7.72. The minimum Gasteiger partial charge on any atom is -0.504 e. The number of fused-ring (bicyclic) bond motifs is 9. The second kappa shape index (κ2) is 11.3. The molecule has 4 heterocycles. The highest BCUT2D eigenvalue weighted by atomic mass is 32.2. The molecule has 6 rings (SSSR count). The summed E-state index contributed by atoms with van der Waals surface area (Å²) in [6, 6.07) is 2.13. The lowest BCUT2D eigenvalue weighted by atomic mass is 9.71. The van der Waals surface area contributed by atoms with Crippen LogP contribution in [0.15, 0.2) is 6.07 Å². The SMILES string of the molecule is CCS[C@@H]1c2c(OC(C)=O)c(C)c3c(c2[C@H](COC(N)=O)N2C1[C@@H]1c4c(cc(C)c(OC)c4O)C[C@H]([C@@H]2C#N)N1C)OCO3. The number of likely N-dealkylation sites (N-methyl/N-ethyl adjacent to an activating group) is 1. The number of aromatic hydroxyl groups is 1. The van der Waals surface area contributed by atoms with Crippen molar-refractivity contribution in [1.29, 1.82) is 5.26 Å². The quantitative estimate of drug-likeness (QED) is 0.355. The molecule has 4 aliphatic heterocycles. The second-order valence-corrected chi connectivity index (χ2v) is 12.9. The van der Waals surface area contributed by atoms with Gasteiger partial charge in [0.1, 0.15) is 18.4 Å². The van der Waals surface area contributed by atoms with E-state index in [0.29, 0.717) is 51.9 Å². The maximum Gasteiger partial charge on any atom is 0.404 e. The fourth-order valence-electron chi connectivity index (χ4n) is 7.78. The number of primary amides is 1. The van der Waals surface area contributed by atoms with Crippen LogP contribution in [-0.4, -0.2) is 78.4 Å². The number of hydrogen-bond donors (Lipinski definition) is 2. The number of piperazine rings is 1. The highest BCUT2D eigenvalue weighted by molar-refractivity contribution is 7.99. The Morgan fingerprint density at radius 2 is 1.93 bits per heavy atom. The number of aryl methyl sites for hydroxylation is 1. The fourth-order valence-corrected chi connectivity index (χ4v) is 9.02. The van der Waals surface area contributed by atoms with Gasteiger partial charge in [-0.2, -0.15) is 17.0 Å². The van der Waals surface area contributed by atoms with Crippen LogP contribution < -0.4 is 24.7 Å². The van der Waals surface area contributed by atoms with Gasteiger partial charge in [0.05, 0.1) is 30.5 Å². The summed E-state index contributed by atoms with van der Waals surface area (Å²) in [5, 5.41) is 22.2. The normalized spacial score (nSPS) is 26.6. The zero-order chi connectivity index (χ0) is 31.6. The number of nitrogens with zero attached hydrogens (tertiary/aromatic N) is 3. The van der Waals surface area contributed by atoms with Crippen LogP contribution in [0.4, 0.5) is 4.79 Å². The first-order valence-corrected chi connectivity index (χ1v) is 15.6. The number of rotatable bonds is 6. The van der Waals surface area contributed by atoms with Crippen LogP contribution in [0.25, 0.3) is 0 Å². The molecule has 12 nitrogen and oxygen atoms in total. The van der Waals surface area contributed by atoms with Gasteiger partial charge in [-0.3, -0.25) is 14.6 Å². The van der Waals surface area contributed by atoms with Crippen molar-refractivity contribution in [2.75, 3.05) is 33.3 Å². The van der Waals surface area contributed by atoms with E-state index >= 15 is 0 Å². The molecule has 234 valence electrons. The largest absolute Gasteiger partial charge is 0.504 e. The van der Waals surface area contributed by atoms with Gasteiger partial charge in [-0.1, -0.05) is 13.0 Å². The lowest BCUT2D eigenvalue weighted by molar-refractivity contribution is -0.132. The van der Waals surface area contributed by atoms with E-state index in [4.69, 9.17) is 29.4 Å². The van der Waals surface area contributed by atoms with E-state index in [1.165, 1.54) is 14.0 Å². The fraction of sp³-hybridized carbons (Fsp3) is 0.516. The zero-order valence-corrected chi connectivity index (χ0v) is 26.3. The van der Waals surface area contributed by atoms with Crippen molar-refractivity contribution in [3.8, 4) is 34.8 Å². The molecule has 0 aromatic heterocycles. The molecule has 0 saturated carbocycles. The van der Waals surface area contributed by atoms with Crippen molar-refractivity contribution in [2.24, 2.45) is 5.73 Å². The molecule has 0 radical (unpaired) electrons. The first-order chi connectivity index (χ1) is 21.0. The maximum atomic E-state index is 12.5. The van der Waals surface area contributed by atoms with Gasteiger partial charge in [0, 0.05) is 41.3 Å². The smallest absolute Gasteiger partial charge is 0.404 e. The Morgan fingerprint density at radius 1 is 1.20 bits per heavy atom. The van der Waals surface area contributed by atoms with E-state index in [1.54, 1.807) is 11.8 Å². The molecular formula is C31H36N4O8S. The molecule has 3 N–H and O–H groups in total. The topological polar surface area (TPSA) is 157 Å². The lowest BCUT2D eigenvalue weighted by Gasteiger charge is -2.61. The minimum atomic E-state index is -0.958. The van der Waals surface area contributed by atoms with Gasteiger partial charge < -0.3 is 34.5 Å². The highest BCUT2D eigenvalue weighted by Gasteiger charge is 2.60. The van der Waals surface area contributed by atoms with Gasteiger partial charge in [0.2, 0.25) is 6.79 Å². The zero-order valence-electron chi connectivity index (χ0n) is 25.5. The summed E-state index contributed by atoms with van der Waals surface area (Å²) < 4.78 is 29.0. The molecule has 0 aliphatic carbocycles. The molecule has 2 bridgehead atoms. The number of phenols is 1.